The first-order valence-electron chi connectivity index (χ1n) is 7.55. The van der Waals surface area contributed by atoms with Gasteiger partial charge >= 0.3 is 0 Å². The van der Waals surface area contributed by atoms with Crippen molar-refractivity contribution in [3.8, 4) is 0 Å². The van der Waals surface area contributed by atoms with Crippen LogP contribution in [0.1, 0.15) is 22.8 Å². The van der Waals surface area contributed by atoms with Crippen molar-refractivity contribution in [2.75, 3.05) is 25.4 Å². The van der Waals surface area contributed by atoms with Gasteiger partial charge in [0.1, 0.15) is 0 Å². The van der Waals surface area contributed by atoms with Gasteiger partial charge in [0, 0.05) is 25.3 Å². The Kier molecular flexibility index (Phi) is 4.23. The topological polar surface area (TPSA) is 49.5 Å². The number of nitrogen functional groups attached to an aromatic ring is 1. The Balaban J connectivity index is 1.63. The summed E-state index contributed by atoms with van der Waals surface area (Å²) >= 11 is 0. The number of benzene rings is 2. The number of rotatable bonds is 3. The van der Waals surface area contributed by atoms with Crippen LogP contribution in [0.15, 0.2) is 48.5 Å². The maximum Gasteiger partial charge on any atom is 0.0916 e. The van der Waals surface area contributed by atoms with Gasteiger partial charge in [-0.05, 0) is 41.7 Å². The van der Waals surface area contributed by atoms with Crippen molar-refractivity contribution in [1.82, 2.24) is 4.90 Å². The molecule has 1 aliphatic rings. The number of hydrogen-bond acceptors (Lipinski definition) is 3. The summed E-state index contributed by atoms with van der Waals surface area (Å²) in [6.45, 7) is 2.68. The Morgan fingerprint density at radius 2 is 1.52 bits per heavy atom. The summed E-state index contributed by atoms with van der Waals surface area (Å²) in [6, 6.07) is 16.2. The van der Waals surface area contributed by atoms with Crippen molar-refractivity contribution in [3.05, 3.63) is 65.2 Å². The van der Waals surface area contributed by atoms with Crippen LogP contribution in [-0.2, 0) is 12.8 Å². The van der Waals surface area contributed by atoms with Gasteiger partial charge in [-0.2, -0.15) is 0 Å². The summed E-state index contributed by atoms with van der Waals surface area (Å²) in [5.41, 5.74) is 10.2. The molecule has 1 aliphatic heterocycles. The van der Waals surface area contributed by atoms with E-state index >= 15 is 0 Å². The van der Waals surface area contributed by atoms with Gasteiger partial charge in [-0.25, -0.2) is 0 Å². The lowest BCUT2D eigenvalue weighted by atomic mass is 10.0. The van der Waals surface area contributed by atoms with Crippen LogP contribution in [0.4, 0.5) is 5.69 Å². The van der Waals surface area contributed by atoms with Crippen molar-refractivity contribution in [1.29, 1.82) is 0 Å². The van der Waals surface area contributed by atoms with Gasteiger partial charge < -0.3 is 10.8 Å². The fourth-order valence-electron chi connectivity index (χ4n) is 2.96. The number of nitrogens with two attached hydrogens (primary N) is 1. The molecule has 110 valence electrons. The lowest BCUT2D eigenvalue weighted by Gasteiger charge is -2.23. The van der Waals surface area contributed by atoms with E-state index in [4.69, 9.17) is 5.73 Å². The molecule has 3 rings (SSSR count). The Labute approximate surface area is 126 Å². The molecule has 0 radical (unpaired) electrons. The van der Waals surface area contributed by atoms with E-state index in [-0.39, 0.29) is 0 Å². The molecule has 0 bridgehead atoms. The zero-order valence-electron chi connectivity index (χ0n) is 12.2. The van der Waals surface area contributed by atoms with Crippen LogP contribution in [0, 0.1) is 0 Å². The molecular weight excluding hydrogens is 260 g/mol. The highest BCUT2D eigenvalue weighted by atomic mass is 16.3. The van der Waals surface area contributed by atoms with E-state index in [0.717, 1.165) is 37.2 Å². The van der Waals surface area contributed by atoms with Crippen LogP contribution in [0.5, 0.6) is 0 Å². The highest BCUT2D eigenvalue weighted by Crippen LogP contribution is 2.19. The van der Waals surface area contributed by atoms with E-state index in [1.807, 2.05) is 24.3 Å². The third-order valence-corrected chi connectivity index (χ3v) is 4.27. The van der Waals surface area contributed by atoms with E-state index in [1.165, 1.54) is 11.1 Å². The number of aliphatic hydroxyl groups is 1. The highest BCUT2D eigenvalue weighted by molar-refractivity contribution is 5.39. The van der Waals surface area contributed by atoms with Gasteiger partial charge in [0.2, 0.25) is 0 Å². The third-order valence-electron chi connectivity index (χ3n) is 4.27. The monoisotopic (exact) mass is 282 g/mol. The summed E-state index contributed by atoms with van der Waals surface area (Å²) in [4.78, 5) is 2.35. The van der Waals surface area contributed by atoms with Crippen molar-refractivity contribution in [2.24, 2.45) is 0 Å². The van der Waals surface area contributed by atoms with Crippen molar-refractivity contribution < 1.29 is 5.11 Å². The molecule has 3 heteroatoms. The van der Waals surface area contributed by atoms with Crippen LogP contribution in [0.25, 0.3) is 0 Å². The molecule has 0 amide bonds. The number of hydrogen-bond donors (Lipinski definition) is 2. The summed E-state index contributed by atoms with van der Waals surface area (Å²) in [5, 5.41) is 10.4. The molecule has 2 aromatic rings. The van der Waals surface area contributed by atoms with Gasteiger partial charge in [-0.1, -0.05) is 36.4 Å². The zero-order chi connectivity index (χ0) is 14.7. The molecule has 3 nitrogen and oxygen atoms in total. The Morgan fingerprint density at radius 1 is 0.952 bits per heavy atom. The van der Waals surface area contributed by atoms with Crippen molar-refractivity contribution in [2.45, 2.75) is 18.9 Å². The fourth-order valence-corrected chi connectivity index (χ4v) is 2.96. The van der Waals surface area contributed by atoms with Crippen LogP contribution < -0.4 is 5.73 Å². The second-order valence-electron chi connectivity index (χ2n) is 5.75. The standard InChI is InChI=1S/C18H22N2O/c19-17-7-5-16(6-8-17)18(21)13-20-11-9-14-3-1-2-4-15(14)10-12-20/h1-8,18,21H,9-13,19H2. The number of aliphatic hydroxyl groups excluding tert-OH is 1. The molecular formula is C18H22N2O. The molecule has 2 aromatic carbocycles. The molecule has 0 saturated carbocycles. The SMILES string of the molecule is Nc1ccc(C(O)CN2CCc3ccccc3CC2)cc1. The summed E-state index contributed by atoms with van der Waals surface area (Å²) < 4.78 is 0. The second-order valence-corrected chi connectivity index (χ2v) is 5.75. The molecule has 0 aromatic heterocycles. The summed E-state index contributed by atoms with van der Waals surface area (Å²) in [5.74, 6) is 0. The van der Waals surface area contributed by atoms with Gasteiger partial charge in [0.25, 0.3) is 0 Å². The number of fused-ring (bicyclic) bond motifs is 1. The van der Waals surface area contributed by atoms with E-state index in [0.29, 0.717) is 6.54 Å². The molecule has 1 heterocycles. The Bertz CT molecular complexity index is 567. The predicted molar refractivity (Wildman–Crippen MR) is 86.1 cm³/mol. The average Bonchev–Trinajstić information content (AvgIpc) is 2.71. The average molecular weight is 282 g/mol. The maximum atomic E-state index is 10.4. The summed E-state index contributed by atoms with van der Waals surface area (Å²) in [7, 11) is 0. The molecule has 0 spiro atoms. The van der Waals surface area contributed by atoms with Gasteiger partial charge in [0.05, 0.1) is 6.10 Å². The van der Waals surface area contributed by atoms with E-state index in [1.54, 1.807) is 0 Å². The fraction of sp³-hybridized carbons (Fsp3) is 0.333. The van der Waals surface area contributed by atoms with Gasteiger partial charge in [-0.3, -0.25) is 4.90 Å². The second kappa shape index (κ2) is 6.29. The first-order valence-corrected chi connectivity index (χ1v) is 7.55. The number of nitrogens with zero attached hydrogens (tertiary/aromatic N) is 1. The normalized spacial score (nSPS) is 17.0. The van der Waals surface area contributed by atoms with E-state index in [9.17, 15) is 5.11 Å². The highest BCUT2D eigenvalue weighted by Gasteiger charge is 2.17. The van der Waals surface area contributed by atoms with E-state index < -0.39 is 6.10 Å². The van der Waals surface area contributed by atoms with Crippen LogP contribution in [-0.4, -0.2) is 29.6 Å². The third kappa shape index (κ3) is 3.43. The smallest absolute Gasteiger partial charge is 0.0916 e. The molecule has 0 fully saturated rings. The Morgan fingerprint density at radius 3 is 2.10 bits per heavy atom. The minimum absolute atomic E-state index is 0.452. The van der Waals surface area contributed by atoms with Crippen LogP contribution in [0.3, 0.4) is 0 Å². The van der Waals surface area contributed by atoms with Crippen molar-refractivity contribution in [3.63, 3.8) is 0 Å². The lowest BCUT2D eigenvalue weighted by Crippen LogP contribution is -2.31. The Hall–Kier alpha value is -1.84. The molecule has 21 heavy (non-hydrogen) atoms. The molecule has 0 aliphatic carbocycles. The first-order chi connectivity index (χ1) is 10.2. The van der Waals surface area contributed by atoms with Crippen molar-refractivity contribution >= 4 is 5.69 Å². The first kappa shape index (κ1) is 14.1. The summed E-state index contributed by atoms with van der Waals surface area (Å²) in [6.07, 6.45) is 1.67. The minimum Gasteiger partial charge on any atom is -0.399 e. The lowest BCUT2D eigenvalue weighted by molar-refractivity contribution is 0.115. The molecule has 1 unspecified atom stereocenters. The molecule has 3 N–H and O–H groups in total. The van der Waals surface area contributed by atoms with Gasteiger partial charge in [0.15, 0.2) is 0 Å². The van der Waals surface area contributed by atoms with Gasteiger partial charge in [-0.15, -0.1) is 0 Å². The largest absolute Gasteiger partial charge is 0.399 e. The number of anilines is 1. The molecule has 0 saturated heterocycles. The maximum absolute atomic E-state index is 10.4. The van der Waals surface area contributed by atoms with E-state index in [2.05, 4.69) is 29.2 Å². The number of β-amino-alcohol motifs (C(OH)–C–C–N with tert-alkyl or cyclic N) is 1. The predicted octanol–water partition coefficient (Wildman–Crippen LogP) is 2.40. The van der Waals surface area contributed by atoms with Crippen LogP contribution in [0.2, 0.25) is 0 Å². The quantitative estimate of drug-likeness (QED) is 0.850. The zero-order valence-corrected chi connectivity index (χ0v) is 12.2. The van der Waals surface area contributed by atoms with Crippen LogP contribution >= 0.6 is 0 Å². The molecule has 1 atom stereocenters. The minimum atomic E-state index is -0.452.